The van der Waals surface area contributed by atoms with Gasteiger partial charge in [0.2, 0.25) is 0 Å². The van der Waals surface area contributed by atoms with Gasteiger partial charge in [-0.25, -0.2) is 8.42 Å². The second-order valence-corrected chi connectivity index (χ2v) is 9.23. The number of rotatable bonds is 0. The van der Waals surface area contributed by atoms with E-state index in [0.29, 0.717) is 0 Å². The zero-order valence-electron chi connectivity index (χ0n) is 6.46. The van der Waals surface area contributed by atoms with E-state index in [0.717, 1.165) is 0 Å². The fourth-order valence-electron chi connectivity index (χ4n) is 0. The van der Waals surface area contributed by atoms with Crippen LogP contribution in [0.4, 0.5) is 3.89 Å². The van der Waals surface area contributed by atoms with Gasteiger partial charge in [0, 0.05) is 33.9 Å². The first-order valence-corrected chi connectivity index (χ1v) is 7.33. The molecule has 0 aromatic rings. The molecule has 0 heterocycles. The molecule has 0 spiro atoms. The number of halogens is 1. The maximum Gasteiger partial charge on any atom is 0.255 e. The first-order valence-electron chi connectivity index (χ1n) is 2.44. The van der Waals surface area contributed by atoms with Crippen LogP contribution < -0.4 is 0 Å². The lowest BCUT2D eigenvalue weighted by Crippen LogP contribution is -1.81. The lowest BCUT2D eigenvalue weighted by Gasteiger charge is -1.97. The third-order valence-electron chi connectivity index (χ3n) is 0. The smallest absolute Gasteiger partial charge is 0.255 e. The number of hydrogen-bond donors (Lipinski definition) is 0. The molecule has 0 aromatic heterocycles. The summed E-state index contributed by atoms with van der Waals surface area (Å²) in [7, 11) is -5.81. The van der Waals surface area contributed by atoms with Gasteiger partial charge in [0.15, 0.2) is 0 Å². The molecule has 0 fully saturated rings. The number of hydrogen-bond acceptors (Lipinski definition) is 3. The molecular formula is C4H12FO3PS. The Hall–Kier alpha value is 0.270. The molecule has 0 bridgehead atoms. The van der Waals surface area contributed by atoms with Crippen LogP contribution in [-0.4, -0.2) is 39.6 Å². The summed E-state index contributed by atoms with van der Waals surface area (Å²) in [4.78, 5) is 0. The van der Waals surface area contributed by atoms with Crippen LogP contribution in [-0.2, 0) is 10.5 Å². The Balaban J connectivity index is 0. The van der Waals surface area contributed by atoms with Crippen molar-refractivity contribution in [3.63, 3.8) is 0 Å². The van der Waals surface area contributed by atoms with E-state index in [1.807, 2.05) is 0 Å². The molecule has 64 valence electrons. The molecular weight excluding hydrogens is 178 g/mol. The predicted molar refractivity (Wildman–Crippen MR) is 41.4 cm³/mol. The molecule has 0 saturated heterocycles. The summed E-state index contributed by atoms with van der Waals surface area (Å²) >= 11 is 0. The summed E-state index contributed by atoms with van der Waals surface area (Å²) in [5, 5.41) is 0. The Labute approximate surface area is 62.0 Å². The standard InChI is InChI=1S/C4H12P.FHO3S/c2*1-5(2,3)4/h1-4H3;(H,2,3,4)/q+1;/p-1. The summed E-state index contributed by atoms with van der Waals surface area (Å²) in [5.74, 6) is 0. The Morgan fingerprint density at radius 2 is 1.20 bits per heavy atom. The highest BCUT2D eigenvalue weighted by molar-refractivity contribution is 7.80. The molecule has 6 heteroatoms. The summed E-state index contributed by atoms with van der Waals surface area (Å²) in [6.45, 7) is 9.19. The lowest BCUT2D eigenvalue weighted by molar-refractivity contribution is 0.417. The van der Waals surface area contributed by atoms with Crippen LogP contribution in [0.2, 0.25) is 0 Å². The zero-order valence-corrected chi connectivity index (χ0v) is 8.17. The van der Waals surface area contributed by atoms with Crippen molar-refractivity contribution in [1.82, 2.24) is 0 Å². The highest BCUT2D eigenvalue weighted by atomic mass is 32.3. The molecule has 0 amide bonds. The molecule has 0 unspecified atom stereocenters. The van der Waals surface area contributed by atoms with Crippen LogP contribution in [0.15, 0.2) is 0 Å². The Morgan fingerprint density at radius 3 is 1.20 bits per heavy atom. The minimum Gasteiger partial charge on any atom is -0.722 e. The first kappa shape index (κ1) is 12.9. The quantitative estimate of drug-likeness (QED) is 0.324. The highest BCUT2D eigenvalue weighted by Crippen LogP contribution is 2.40. The van der Waals surface area contributed by atoms with Crippen molar-refractivity contribution in [2.45, 2.75) is 0 Å². The molecule has 0 atom stereocenters. The first-order chi connectivity index (χ1) is 4.00. The average molecular weight is 190 g/mol. The largest absolute Gasteiger partial charge is 0.722 e. The van der Waals surface area contributed by atoms with E-state index < -0.39 is 10.5 Å². The van der Waals surface area contributed by atoms with Crippen molar-refractivity contribution in [2.75, 3.05) is 26.7 Å². The van der Waals surface area contributed by atoms with Crippen LogP contribution in [0, 0.1) is 0 Å². The summed E-state index contributed by atoms with van der Waals surface area (Å²) < 4.78 is 35.3. The van der Waals surface area contributed by atoms with Gasteiger partial charge in [-0.1, -0.05) is 0 Å². The van der Waals surface area contributed by atoms with Crippen LogP contribution >= 0.6 is 7.26 Å². The van der Waals surface area contributed by atoms with Gasteiger partial charge in [-0.3, -0.25) is 0 Å². The molecule has 0 aliphatic heterocycles. The third-order valence-corrected chi connectivity index (χ3v) is 0. The molecule has 0 radical (unpaired) electrons. The van der Waals surface area contributed by atoms with Crippen molar-refractivity contribution >= 4 is 17.8 Å². The SMILES string of the molecule is C[P+](C)(C)C.O=S(=O)([O-])F. The van der Waals surface area contributed by atoms with Crippen LogP contribution in [0.1, 0.15) is 0 Å². The van der Waals surface area contributed by atoms with Crippen LogP contribution in [0.5, 0.6) is 0 Å². The van der Waals surface area contributed by atoms with Crippen molar-refractivity contribution in [2.24, 2.45) is 0 Å². The van der Waals surface area contributed by atoms with Gasteiger partial charge in [-0.05, 0) is 0 Å². The Bertz CT molecular complexity index is 155. The van der Waals surface area contributed by atoms with Gasteiger partial charge in [0.1, 0.15) is 0 Å². The van der Waals surface area contributed by atoms with Gasteiger partial charge < -0.3 is 4.55 Å². The summed E-state index contributed by atoms with van der Waals surface area (Å²) in [6, 6.07) is 0. The minimum absolute atomic E-state index is 0.389. The maximum atomic E-state index is 10.1. The van der Waals surface area contributed by atoms with Gasteiger partial charge in [-0.15, -0.1) is 3.89 Å². The highest BCUT2D eigenvalue weighted by Gasteiger charge is 2.03. The van der Waals surface area contributed by atoms with Crippen LogP contribution in [0.25, 0.3) is 0 Å². The summed E-state index contributed by atoms with van der Waals surface area (Å²) in [6.07, 6.45) is 0. The minimum atomic E-state index is -5.42. The van der Waals surface area contributed by atoms with Crippen LogP contribution in [0.3, 0.4) is 0 Å². The molecule has 0 aliphatic rings. The zero-order chi connectivity index (χ0) is 9.00. The normalized spacial score (nSPS) is 11.8. The van der Waals surface area contributed by atoms with Crippen molar-refractivity contribution in [3.8, 4) is 0 Å². The molecule has 3 nitrogen and oxygen atoms in total. The lowest BCUT2D eigenvalue weighted by atomic mass is 11.8. The van der Waals surface area contributed by atoms with Crippen molar-refractivity contribution < 1.29 is 16.9 Å². The predicted octanol–water partition coefficient (Wildman–Crippen LogP) is 0.939. The van der Waals surface area contributed by atoms with E-state index in [4.69, 9.17) is 13.0 Å². The van der Waals surface area contributed by atoms with Gasteiger partial charge in [0.05, 0.1) is 0 Å². The van der Waals surface area contributed by atoms with Gasteiger partial charge in [-0.2, -0.15) is 0 Å². The third kappa shape index (κ3) is 6000. The van der Waals surface area contributed by atoms with E-state index >= 15 is 0 Å². The molecule has 0 N–H and O–H groups in total. The fraction of sp³-hybridized carbons (Fsp3) is 1.00. The van der Waals surface area contributed by atoms with Crippen molar-refractivity contribution in [3.05, 3.63) is 0 Å². The Kier molecular flexibility index (Phi) is 5.43. The molecule has 0 saturated carbocycles. The second-order valence-electron chi connectivity index (χ2n) is 3.08. The fourth-order valence-corrected chi connectivity index (χ4v) is 0. The average Bonchev–Trinajstić information content (AvgIpc) is 1.12. The Morgan fingerprint density at radius 1 is 1.20 bits per heavy atom. The van der Waals surface area contributed by atoms with Gasteiger partial charge >= 0.3 is 0 Å². The monoisotopic (exact) mass is 190 g/mol. The molecule has 0 aromatic carbocycles. The van der Waals surface area contributed by atoms with E-state index in [1.165, 1.54) is 0 Å². The molecule has 0 rings (SSSR count). The molecule has 10 heavy (non-hydrogen) atoms. The van der Waals surface area contributed by atoms with E-state index in [9.17, 15) is 3.89 Å². The van der Waals surface area contributed by atoms with E-state index in [1.54, 1.807) is 0 Å². The van der Waals surface area contributed by atoms with E-state index in [-0.39, 0.29) is 7.26 Å². The maximum absolute atomic E-state index is 10.1. The van der Waals surface area contributed by atoms with E-state index in [2.05, 4.69) is 26.7 Å². The van der Waals surface area contributed by atoms with Gasteiger partial charge in [0.25, 0.3) is 10.5 Å². The topological polar surface area (TPSA) is 57.2 Å². The summed E-state index contributed by atoms with van der Waals surface area (Å²) in [5.41, 5.74) is 0. The van der Waals surface area contributed by atoms with Crippen molar-refractivity contribution in [1.29, 1.82) is 0 Å². The second kappa shape index (κ2) is 4.21. The molecule has 0 aliphatic carbocycles.